The minimum absolute atomic E-state index is 0.100. The molecule has 0 aliphatic carbocycles. The van der Waals surface area contributed by atoms with Crippen LogP contribution in [0, 0.1) is 11.2 Å². The van der Waals surface area contributed by atoms with Crippen molar-refractivity contribution in [2.75, 3.05) is 6.54 Å². The lowest BCUT2D eigenvalue weighted by molar-refractivity contribution is 0.314. The second-order valence-electron chi connectivity index (χ2n) is 5.54. The summed E-state index contributed by atoms with van der Waals surface area (Å²) in [5.74, 6) is -0.235. The summed E-state index contributed by atoms with van der Waals surface area (Å²) in [6.45, 7) is 9.40. The van der Waals surface area contributed by atoms with Crippen LogP contribution in [0.1, 0.15) is 45.7 Å². The Kier molecular flexibility index (Phi) is 4.96. The molecule has 0 bridgehead atoms. The Morgan fingerprint density at radius 1 is 1.35 bits per heavy atom. The van der Waals surface area contributed by atoms with E-state index in [-0.39, 0.29) is 17.3 Å². The Labute approximate surface area is 108 Å². The quantitative estimate of drug-likeness (QED) is 0.833. The lowest BCUT2D eigenvalue weighted by Crippen LogP contribution is -2.26. The van der Waals surface area contributed by atoms with Crippen molar-refractivity contribution < 1.29 is 4.39 Å². The number of rotatable bonds is 4. The van der Waals surface area contributed by atoms with E-state index in [1.54, 1.807) is 6.07 Å². The van der Waals surface area contributed by atoms with Gasteiger partial charge in [-0.3, -0.25) is 0 Å². The molecule has 0 saturated carbocycles. The van der Waals surface area contributed by atoms with Crippen LogP contribution in [0.25, 0.3) is 0 Å². The highest BCUT2D eigenvalue weighted by Gasteiger charge is 2.21. The number of nitrogens with one attached hydrogen (secondary N) is 1. The summed E-state index contributed by atoms with van der Waals surface area (Å²) in [5.41, 5.74) is 1.02. The first-order chi connectivity index (χ1) is 7.83. The Morgan fingerprint density at radius 3 is 2.53 bits per heavy atom. The van der Waals surface area contributed by atoms with E-state index in [9.17, 15) is 4.39 Å². The first-order valence-corrected chi connectivity index (χ1v) is 6.39. The highest BCUT2D eigenvalue weighted by molar-refractivity contribution is 6.31. The summed E-state index contributed by atoms with van der Waals surface area (Å²) < 4.78 is 13.3. The molecule has 1 rings (SSSR count). The van der Waals surface area contributed by atoms with Gasteiger partial charge in [0.05, 0.1) is 0 Å². The Hall–Kier alpha value is -0.600. The molecule has 1 nitrogen and oxygen atoms in total. The fourth-order valence-corrected chi connectivity index (χ4v) is 2.18. The summed E-state index contributed by atoms with van der Waals surface area (Å²) in [6, 6.07) is 4.65. The van der Waals surface area contributed by atoms with Gasteiger partial charge >= 0.3 is 0 Å². The van der Waals surface area contributed by atoms with Gasteiger partial charge in [0.2, 0.25) is 0 Å². The zero-order valence-corrected chi connectivity index (χ0v) is 11.7. The van der Waals surface area contributed by atoms with Gasteiger partial charge in [0.1, 0.15) is 5.82 Å². The summed E-state index contributed by atoms with van der Waals surface area (Å²) in [4.78, 5) is 0. The molecular formula is C14H21ClFN. The van der Waals surface area contributed by atoms with E-state index in [1.807, 2.05) is 6.92 Å². The van der Waals surface area contributed by atoms with E-state index < -0.39 is 0 Å². The van der Waals surface area contributed by atoms with Gasteiger partial charge in [-0.2, -0.15) is 0 Å². The smallest absolute Gasteiger partial charge is 0.123 e. The lowest BCUT2D eigenvalue weighted by atomic mass is 9.85. The van der Waals surface area contributed by atoms with E-state index >= 15 is 0 Å². The van der Waals surface area contributed by atoms with E-state index in [2.05, 4.69) is 26.1 Å². The third kappa shape index (κ3) is 4.64. The molecule has 1 unspecified atom stereocenters. The molecule has 0 aliphatic rings. The maximum atomic E-state index is 13.3. The van der Waals surface area contributed by atoms with Crippen LogP contribution >= 0.6 is 11.6 Å². The van der Waals surface area contributed by atoms with Gasteiger partial charge in [0, 0.05) is 11.1 Å². The van der Waals surface area contributed by atoms with Crippen molar-refractivity contribution in [3.8, 4) is 0 Å². The second kappa shape index (κ2) is 5.83. The average molecular weight is 258 g/mol. The molecular weight excluding hydrogens is 237 g/mol. The molecule has 3 heteroatoms. The Morgan fingerprint density at radius 2 is 2.00 bits per heavy atom. The summed E-state index contributed by atoms with van der Waals surface area (Å²) in [5, 5.41) is 4.00. The third-order valence-corrected chi connectivity index (χ3v) is 2.94. The van der Waals surface area contributed by atoms with Gasteiger partial charge in [-0.25, -0.2) is 4.39 Å². The van der Waals surface area contributed by atoms with Crippen LogP contribution in [0.5, 0.6) is 0 Å². The number of benzene rings is 1. The van der Waals surface area contributed by atoms with Crippen LogP contribution in [0.2, 0.25) is 5.02 Å². The van der Waals surface area contributed by atoms with Gasteiger partial charge in [-0.15, -0.1) is 0 Å². The van der Waals surface area contributed by atoms with Crippen LogP contribution in [0.3, 0.4) is 0 Å². The molecule has 0 saturated heterocycles. The zero-order valence-electron chi connectivity index (χ0n) is 11.0. The molecule has 1 aromatic carbocycles. The molecule has 1 atom stereocenters. The predicted molar refractivity (Wildman–Crippen MR) is 71.9 cm³/mol. The minimum Gasteiger partial charge on any atom is -0.310 e. The monoisotopic (exact) mass is 257 g/mol. The van der Waals surface area contributed by atoms with Crippen LogP contribution < -0.4 is 5.32 Å². The van der Waals surface area contributed by atoms with Gasteiger partial charge in [-0.1, -0.05) is 39.3 Å². The Bertz CT molecular complexity index is 371. The topological polar surface area (TPSA) is 12.0 Å². The maximum absolute atomic E-state index is 13.3. The van der Waals surface area contributed by atoms with Crippen molar-refractivity contribution in [2.24, 2.45) is 5.41 Å². The fourth-order valence-electron chi connectivity index (χ4n) is 1.93. The van der Waals surface area contributed by atoms with Crippen molar-refractivity contribution >= 4 is 11.6 Å². The summed E-state index contributed by atoms with van der Waals surface area (Å²) in [6.07, 6.45) is 0.921. The number of halogens is 2. The molecule has 0 radical (unpaired) electrons. The lowest BCUT2D eigenvalue weighted by Gasteiger charge is -2.27. The average Bonchev–Trinajstić information content (AvgIpc) is 2.19. The summed E-state index contributed by atoms with van der Waals surface area (Å²) in [7, 11) is 0. The first-order valence-electron chi connectivity index (χ1n) is 6.02. The largest absolute Gasteiger partial charge is 0.310 e. The van der Waals surface area contributed by atoms with Crippen molar-refractivity contribution in [1.29, 1.82) is 0 Å². The predicted octanol–water partition coefficient (Wildman–Crippen LogP) is 4.57. The minimum atomic E-state index is -0.235. The number of hydrogen-bond donors (Lipinski definition) is 1. The number of hydrogen-bond acceptors (Lipinski definition) is 1. The molecule has 0 spiro atoms. The fraction of sp³-hybridized carbons (Fsp3) is 0.571. The van der Waals surface area contributed by atoms with E-state index in [4.69, 9.17) is 11.6 Å². The zero-order chi connectivity index (χ0) is 13.1. The SMILES string of the molecule is CCNC(CC(C)(C)C)c1cc(F)ccc1Cl. The Balaban J connectivity index is 3.00. The highest BCUT2D eigenvalue weighted by atomic mass is 35.5. The van der Waals surface area contributed by atoms with Gasteiger partial charge < -0.3 is 5.32 Å². The van der Waals surface area contributed by atoms with E-state index in [1.165, 1.54) is 12.1 Å². The molecule has 1 aromatic rings. The van der Waals surface area contributed by atoms with Gasteiger partial charge in [0.15, 0.2) is 0 Å². The third-order valence-electron chi connectivity index (χ3n) is 2.60. The summed E-state index contributed by atoms with van der Waals surface area (Å²) >= 11 is 6.15. The van der Waals surface area contributed by atoms with Crippen LogP contribution in [-0.4, -0.2) is 6.54 Å². The van der Waals surface area contributed by atoms with Crippen LogP contribution in [0.15, 0.2) is 18.2 Å². The standard InChI is InChI=1S/C14H21ClFN/c1-5-17-13(9-14(2,3)4)11-8-10(16)6-7-12(11)15/h6-8,13,17H,5,9H2,1-4H3. The molecule has 0 aliphatic heterocycles. The molecule has 1 N–H and O–H groups in total. The molecule has 0 heterocycles. The molecule has 17 heavy (non-hydrogen) atoms. The van der Waals surface area contributed by atoms with Crippen molar-refractivity contribution in [3.63, 3.8) is 0 Å². The van der Waals surface area contributed by atoms with Crippen molar-refractivity contribution in [1.82, 2.24) is 5.32 Å². The maximum Gasteiger partial charge on any atom is 0.123 e. The highest BCUT2D eigenvalue weighted by Crippen LogP contribution is 2.33. The van der Waals surface area contributed by atoms with Crippen molar-refractivity contribution in [3.05, 3.63) is 34.6 Å². The van der Waals surface area contributed by atoms with Crippen LogP contribution in [0.4, 0.5) is 4.39 Å². The normalized spacial score (nSPS) is 13.8. The molecule has 0 amide bonds. The first kappa shape index (κ1) is 14.5. The van der Waals surface area contributed by atoms with Crippen LogP contribution in [-0.2, 0) is 0 Å². The van der Waals surface area contributed by atoms with Gasteiger partial charge in [0.25, 0.3) is 0 Å². The van der Waals surface area contributed by atoms with E-state index in [0.717, 1.165) is 18.5 Å². The molecule has 0 aromatic heterocycles. The van der Waals surface area contributed by atoms with Gasteiger partial charge in [-0.05, 0) is 42.1 Å². The van der Waals surface area contributed by atoms with Crippen molar-refractivity contribution in [2.45, 2.75) is 40.2 Å². The van der Waals surface area contributed by atoms with E-state index in [0.29, 0.717) is 5.02 Å². The molecule has 0 fully saturated rings. The molecule has 96 valence electrons. The second-order valence-corrected chi connectivity index (χ2v) is 5.95.